The van der Waals surface area contributed by atoms with E-state index in [1.54, 1.807) is 6.26 Å². The van der Waals surface area contributed by atoms with Gasteiger partial charge in [0, 0.05) is 23.5 Å². The fourth-order valence-corrected chi connectivity index (χ4v) is 2.86. The summed E-state index contributed by atoms with van der Waals surface area (Å²) in [6, 6.07) is 8.06. The molecule has 1 fully saturated rings. The number of nitrogens with one attached hydrogen (secondary N) is 3. The van der Waals surface area contributed by atoms with Crippen molar-refractivity contribution in [3.8, 4) is 0 Å². The number of carbonyl (C=O) groups is 1. The zero-order valence-electron chi connectivity index (χ0n) is 12.8. The molecule has 0 spiro atoms. The lowest BCUT2D eigenvalue weighted by atomic mass is 10.1. The van der Waals surface area contributed by atoms with Crippen LogP contribution in [0.25, 0.3) is 11.1 Å². The molecule has 3 heterocycles. The smallest absolute Gasteiger partial charge is 0.229 e. The number of benzene rings is 1. The van der Waals surface area contributed by atoms with Crippen LogP contribution >= 0.6 is 0 Å². The molecule has 3 N–H and O–H groups in total. The number of hydrogen-bond acceptors (Lipinski definition) is 6. The van der Waals surface area contributed by atoms with Gasteiger partial charge in [-0.3, -0.25) is 4.79 Å². The van der Waals surface area contributed by atoms with Crippen molar-refractivity contribution in [2.24, 2.45) is 0 Å². The normalized spacial score (nSPS) is 16.1. The van der Waals surface area contributed by atoms with Gasteiger partial charge in [-0.2, -0.15) is 4.98 Å². The number of carbonyl (C=O) groups excluding carboxylic acids is 1. The maximum Gasteiger partial charge on any atom is 0.229 e. The summed E-state index contributed by atoms with van der Waals surface area (Å²) < 4.78 is 5.49. The van der Waals surface area contributed by atoms with Crippen LogP contribution in [0.15, 0.2) is 34.9 Å². The van der Waals surface area contributed by atoms with Crippen LogP contribution in [-0.2, 0) is 11.2 Å². The maximum atomic E-state index is 11.5. The van der Waals surface area contributed by atoms with Crippen molar-refractivity contribution >= 4 is 40.1 Å². The SMILES string of the molecule is O=C1Cc2ccc(Nc3nc(NC4CC4)c4occc4n3)cc2N1. The molecule has 2 aliphatic rings. The van der Waals surface area contributed by atoms with Crippen molar-refractivity contribution in [1.82, 2.24) is 9.97 Å². The number of aromatic nitrogens is 2. The molecular weight excluding hydrogens is 306 g/mol. The second kappa shape index (κ2) is 4.95. The van der Waals surface area contributed by atoms with E-state index < -0.39 is 0 Å². The molecule has 120 valence electrons. The fraction of sp³-hybridized carbons (Fsp3) is 0.235. The number of nitrogens with zero attached hydrogens (tertiary/aromatic N) is 2. The largest absolute Gasteiger partial charge is 0.459 e. The minimum atomic E-state index is 0.0223. The van der Waals surface area contributed by atoms with Crippen molar-refractivity contribution in [2.75, 3.05) is 16.0 Å². The molecule has 1 aliphatic heterocycles. The molecule has 1 aliphatic carbocycles. The van der Waals surface area contributed by atoms with Gasteiger partial charge in [0.25, 0.3) is 0 Å². The summed E-state index contributed by atoms with van der Waals surface area (Å²) >= 11 is 0. The van der Waals surface area contributed by atoms with E-state index in [4.69, 9.17) is 4.42 Å². The van der Waals surface area contributed by atoms with Crippen LogP contribution in [0.5, 0.6) is 0 Å². The van der Waals surface area contributed by atoms with Crippen LogP contribution in [0.3, 0.4) is 0 Å². The zero-order chi connectivity index (χ0) is 16.1. The molecule has 7 heteroatoms. The van der Waals surface area contributed by atoms with E-state index in [1.165, 1.54) is 0 Å². The second-order valence-corrected chi connectivity index (χ2v) is 6.17. The van der Waals surface area contributed by atoms with Crippen LogP contribution in [0.1, 0.15) is 18.4 Å². The zero-order valence-corrected chi connectivity index (χ0v) is 12.8. The molecule has 7 nitrogen and oxygen atoms in total. The van der Waals surface area contributed by atoms with Gasteiger partial charge in [0.2, 0.25) is 11.9 Å². The average molecular weight is 321 g/mol. The highest BCUT2D eigenvalue weighted by atomic mass is 16.3. The number of anilines is 4. The Morgan fingerprint density at radius 1 is 1.21 bits per heavy atom. The Hall–Kier alpha value is -3.09. The molecule has 3 aromatic rings. The van der Waals surface area contributed by atoms with Crippen LogP contribution in [0.4, 0.5) is 23.1 Å². The van der Waals surface area contributed by atoms with E-state index in [0.29, 0.717) is 29.8 Å². The first kappa shape index (κ1) is 13.4. The Morgan fingerprint density at radius 2 is 2.12 bits per heavy atom. The molecule has 24 heavy (non-hydrogen) atoms. The second-order valence-electron chi connectivity index (χ2n) is 6.17. The maximum absolute atomic E-state index is 11.5. The molecule has 0 bridgehead atoms. The lowest BCUT2D eigenvalue weighted by Crippen LogP contribution is -2.06. The average Bonchev–Trinajstić information content (AvgIpc) is 3.10. The minimum absolute atomic E-state index is 0.0223. The van der Waals surface area contributed by atoms with Crippen molar-refractivity contribution in [1.29, 1.82) is 0 Å². The van der Waals surface area contributed by atoms with Gasteiger partial charge < -0.3 is 20.4 Å². The number of hydrogen-bond donors (Lipinski definition) is 3. The van der Waals surface area contributed by atoms with Gasteiger partial charge in [-0.25, -0.2) is 4.98 Å². The van der Waals surface area contributed by atoms with E-state index in [1.807, 2.05) is 24.3 Å². The van der Waals surface area contributed by atoms with Gasteiger partial charge in [-0.1, -0.05) is 6.07 Å². The van der Waals surface area contributed by atoms with E-state index in [9.17, 15) is 4.79 Å². The highest BCUT2D eigenvalue weighted by molar-refractivity contribution is 5.99. The Bertz CT molecular complexity index is 961. The lowest BCUT2D eigenvalue weighted by molar-refractivity contribution is -0.115. The first-order valence-corrected chi connectivity index (χ1v) is 7.96. The third-order valence-corrected chi connectivity index (χ3v) is 4.21. The highest BCUT2D eigenvalue weighted by Crippen LogP contribution is 2.31. The predicted molar refractivity (Wildman–Crippen MR) is 90.5 cm³/mol. The Morgan fingerprint density at radius 3 is 3.00 bits per heavy atom. The van der Waals surface area contributed by atoms with E-state index >= 15 is 0 Å². The number of rotatable bonds is 4. The molecule has 1 saturated carbocycles. The van der Waals surface area contributed by atoms with Gasteiger partial charge in [0.05, 0.1) is 12.7 Å². The fourth-order valence-electron chi connectivity index (χ4n) is 2.86. The molecule has 0 atom stereocenters. The Labute approximate surface area is 137 Å². The molecule has 1 amide bonds. The van der Waals surface area contributed by atoms with Crippen LogP contribution in [-0.4, -0.2) is 21.9 Å². The van der Waals surface area contributed by atoms with Gasteiger partial charge in [-0.15, -0.1) is 0 Å². The van der Waals surface area contributed by atoms with E-state index in [2.05, 4.69) is 25.9 Å². The molecule has 5 rings (SSSR count). The highest BCUT2D eigenvalue weighted by Gasteiger charge is 2.24. The van der Waals surface area contributed by atoms with E-state index in [0.717, 1.165) is 35.3 Å². The summed E-state index contributed by atoms with van der Waals surface area (Å²) in [5.74, 6) is 1.23. The molecule has 2 aromatic heterocycles. The molecule has 0 saturated heterocycles. The van der Waals surface area contributed by atoms with Crippen LogP contribution < -0.4 is 16.0 Å². The summed E-state index contributed by atoms with van der Waals surface area (Å²) in [4.78, 5) is 20.5. The summed E-state index contributed by atoms with van der Waals surface area (Å²) in [7, 11) is 0. The standard InChI is InChI=1S/C17H15N5O2/c23-14-7-9-1-2-11(8-13(9)20-14)19-17-21-12-5-6-24-15(12)16(22-17)18-10-3-4-10/h1-2,5-6,8,10H,3-4,7H2,(H,20,23)(H2,18,19,21,22). The lowest BCUT2D eigenvalue weighted by Gasteiger charge is -2.09. The van der Waals surface area contributed by atoms with Crippen molar-refractivity contribution in [3.05, 3.63) is 36.1 Å². The summed E-state index contributed by atoms with van der Waals surface area (Å²) in [6.45, 7) is 0. The molecular formula is C17H15N5O2. The van der Waals surface area contributed by atoms with Crippen LogP contribution in [0, 0.1) is 0 Å². The van der Waals surface area contributed by atoms with Crippen molar-refractivity contribution < 1.29 is 9.21 Å². The number of furan rings is 1. The molecule has 0 radical (unpaired) electrons. The summed E-state index contributed by atoms with van der Waals surface area (Å²) in [6.07, 6.45) is 4.35. The van der Waals surface area contributed by atoms with Crippen molar-refractivity contribution in [3.63, 3.8) is 0 Å². The van der Waals surface area contributed by atoms with Gasteiger partial charge >= 0.3 is 0 Å². The van der Waals surface area contributed by atoms with Crippen molar-refractivity contribution in [2.45, 2.75) is 25.3 Å². The monoisotopic (exact) mass is 321 g/mol. The van der Waals surface area contributed by atoms with Gasteiger partial charge in [0.15, 0.2) is 11.4 Å². The van der Waals surface area contributed by atoms with E-state index in [-0.39, 0.29) is 5.91 Å². The summed E-state index contributed by atoms with van der Waals surface area (Å²) in [5, 5.41) is 9.43. The first-order chi connectivity index (χ1) is 11.7. The Balaban J connectivity index is 1.48. The third kappa shape index (κ3) is 2.34. The van der Waals surface area contributed by atoms with Crippen LogP contribution in [0.2, 0.25) is 0 Å². The van der Waals surface area contributed by atoms with Gasteiger partial charge in [0.1, 0.15) is 5.52 Å². The Kier molecular flexibility index (Phi) is 2.76. The number of fused-ring (bicyclic) bond motifs is 2. The minimum Gasteiger partial charge on any atom is -0.459 e. The topological polar surface area (TPSA) is 92.1 Å². The van der Waals surface area contributed by atoms with Gasteiger partial charge in [-0.05, 0) is 30.5 Å². The first-order valence-electron chi connectivity index (χ1n) is 7.96. The summed E-state index contributed by atoms with van der Waals surface area (Å²) in [5.41, 5.74) is 4.11. The quantitative estimate of drug-likeness (QED) is 0.684. The number of amides is 1. The molecule has 0 unspecified atom stereocenters. The predicted octanol–water partition coefficient (Wildman–Crippen LogP) is 3.04. The molecule has 1 aromatic carbocycles. The third-order valence-electron chi connectivity index (χ3n) is 4.21.